The highest BCUT2D eigenvalue weighted by atomic mass is 16.2. The third kappa shape index (κ3) is 1.63. The Labute approximate surface area is 90.1 Å². The van der Waals surface area contributed by atoms with E-state index in [9.17, 15) is 4.79 Å². The molecule has 0 aromatic heterocycles. The van der Waals surface area contributed by atoms with Gasteiger partial charge in [-0.15, -0.1) is 0 Å². The number of likely N-dealkylation sites (N-methyl/N-ethyl adjacent to an activating group) is 1. The molecule has 1 saturated heterocycles. The van der Waals surface area contributed by atoms with Gasteiger partial charge in [0.25, 0.3) is 0 Å². The maximum Gasteiger partial charge on any atom is 0.246 e. The van der Waals surface area contributed by atoms with Gasteiger partial charge in [-0.05, 0) is 12.5 Å². The first-order chi connectivity index (χ1) is 7.14. The van der Waals surface area contributed by atoms with Gasteiger partial charge in [-0.3, -0.25) is 10.1 Å². The van der Waals surface area contributed by atoms with E-state index in [2.05, 4.69) is 5.32 Å². The van der Waals surface area contributed by atoms with Gasteiger partial charge in [0.1, 0.15) is 5.54 Å². The standard InChI is InChI=1S/C12H16N2O/c1-12(10-6-4-3-5-7-10)11(15)14(2)9-8-13-12/h3-7,13H,8-9H2,1-2H3. The minimum Gasteiger partial charge on any atom is -0.343 e. The van der Waals surface area contributed by atoms with Crippen molar-refractivity contribution in [2.45, 2.75) is 12.5 Å². The Morgan fingerprint density at radius 2 is 2.00 bits per heavy atom. The molecule has 1 unspecified atom stereocenters. The summed E-state index contributed by atoms with van der Waals surface area (Å²) in [5, 5.41) is 3.30. The zero-order valence-corrected chi connectivity index (χ0v) is 9.16. The Morgan fingerprint density at radius 3 is 2.67 bits per heavy atom. The highest BCUT2D eigenvalue weighted by molar-refractivity contribution is 5.87. The van der Waals surface area contributed by atoms with Crippen LogP contribution in [0.25, 0.3) is 0 Å². The van der Waals surface area contributed by atoms with E-state index in [1.165, 1.54) is 0 Å². The maximum absolute atomic E-state index is 12.1. The summed E-state index contributed by atoms with van der Waals surface area (Å²) in [5.41, 5.74) is 0.468. The molecule has 2 rings (SSSR count). The number of rotatable bonds is 1. The van der Waals surface area contributed by atoms with Crippen LogP contribution in [0.3, 0.4) is 0 Å². The summed E-state index contributed by atoms with van der Waals surface area (Å²) in [6.07, 6.45) is 0. The molecule has 1 aliphatic rings. The van der Waals surface area contributed by atoms with Crippen LogP contribution in [0.5, 0.6) is 0 Å². The van der Waals surface area contributed by atoms with Crippen LogP contribution in [0, 0.1) is 0 Å². The third-order valence-electron chi connectivity index (χ3n) is 3.05. The number of nitrogens with one attached hydrogen (secondary N) is 1. The lowest BCUT2D eigenvalue weighted by Gasteiger charge is -2.39. The summed E-state index contributed by atoms with van der Waals surface area (Å²) in [6, 6.07) is 9.87. The summed E-state index contributed by atoms with van der Waals surface area (Å²) < 4.78 is 0. The van der Waals surface area contributed by atoms with Crippen molar-refractivity contribution in [2.24, 2.45) is 0 Å². The number of amides is 1. The summed E-state index contributed by atoms with van der Waals surface area (Å²) in [5.74, 6) is 0.139. The van der Waals surface area contributed by atoms with Gasteiger partial charge in [-0.1, -0.05) is 30.3 Å². The molecule has 1 aromatic rings. The molecule has 1 atom stereocenters. The first-order valence-electron chi connectivity index (χ1n) is 5.21. The van der Waals surface area contributed by atoms with Gasteiger partial charge < -0.3 is 4.90 Å². The number of piperazine rings is 1. The van der Waals surface area contributed by atoms with E-state index >= 15 is 0 Å². The van der Waals surface area contributed by atoms with E-state index < -0.39 is 5.54 Å². The van der Waals surface area contributed by atoms with Crippen LogP contribution >= 0.6 is 0 Å². The molecule has 0 aliphatic carbocycles. The van der Waals surface area contributed by atoms with Crippen LogP contribution in [0.2, 0.25) is 0 Å². The zero-order valence-electron chi connectivity index (χ0n) is 9.16. The maximum atomic E-state index is 12.1. The van der Waals surface area contributed by atoms with E-state index in [4.69, 9.17) is 0 Å². The van der Waals surface area contributed by atoms with E-state index in [0.717, 1.165) is 18.7 Å². The molecule has 15 heavy (non-hydrogen) atoms. The van der Waals surface area contributed by atoms with Crippen molar-refractivity contribution in [3.05, 3.63) is 35.9 Å². The van der Waals surface area contributed by atoms with E-state index in [1.54, 1.807) is 4.90 Å². The monoisotopic (exact) mass is 204 g/mol. The number of hydrogen-bond acceptors (Lipinski definition) is 2. The molecule has 1 heterocycles. The van der Waals surface area contributed by atoms with Crippen LogP contribution in [-0.2, 0) is 10.3 Å². The highest BCUT2D eigenvalue weighted by Gasteiger charge is 2.39. The van der Waals surface area contributed by atoms with Gasteiger partial charge in [-0.2, -0.15) is 0 Å². The number of carbonyl (C=O) groups excluding carboxylic acids is 1. The molecule has 3 nitrogen and oxygen atoms in total. The predicted octanol–water partition coefficient (Wildman–Crippen LogP) is 0.963. The van der Waals surface area contributed by atoms with Crippen molar-refractivity contribution in [1.82, 2.24) is 10.2 Å². The van der Waals surface area contributed by atoms with Crippen molar-refractivity contribution in [3.8, 4) is 0 Å². The highest BCUT2D eigenvalue weighted by Crippen LogP contribution is 2.24. The SMILES string of the molecule is CN1CCNC(C)(c2ccccc2)C1=O. The van der Waals surface area contributed by atoms with Gasteiger partial charge >= 0.3 is 0 Å². The zero-order chi connectivity index (χ0) is 10.9. The third-order valence-corrected chi connectivity index (χ3v) is 3.05. The van der Waals surface area contributed by atoms with Gasteiger partial charge in [-0.25, -0.2) is 0 Å². The Balaban J connectivity index is 2.37. The van der Waals surface area contributed by atoms with Crippen molar-refractivity contribution >= 4 is 5.91 Å². The summed E-state index contributed by atoms with van der Waals surface area (Å²) >= 11 is 0. The second kappa shape index (κ2) is 3.66. The molecule has 3 heteroatoms. The molecule has 1 fully saturated rings. The van der Waals surface area contributed by atoms with Crippen LogP contribution in [-0.4, -0.2) is 30.9 Å². The Hall–Kier alpha value is -1.35. The number of benzene rings is 1. The lowest BCUT2D eigenvalue weighted by atomic mass is 9.89. The van der Waals surface area contributed by atoms with E-state index in [1.807, 2.05) is 44.3 Å². The van der Waals surface area contributed by atoms with Crippen LogP contribution in [0.4, 0.5) is 0 Å². The minimum atomic E-state index is -0.561. The Bertz CT molecular complexity index is 363. The topological polar surface area (TPSA) is 32.3 Å². The molecule has 0 radical (unpaired) electrons. The largest absolute Gasteiger partial charge is 0.343 e. The quantitative estimate of drug-likeness (QED) is 0.739. The van der Waals surface area contributed by atoms with Gasteiger partial charge in [0, 0.05) is 20.1 Å². The summed E-state index contributed by atoms with van der Waals surface area (Å²) in [6.45, 7) is 3.56. The fourth-order valence-corrected chi connectivity index (χ4v) is 2.03. The van der Waals surface area contributed by atoms with Gasteiger partial charge in [0.15, 0.2) is 0 Å². The van der Waals surface area contributed by atoms with Gasteiger partial charge in [0.05, 0.1) is 0 Å². The Kier molecular flexibility index (Phi) is 2.49. The van der Waals surface area contributed by atoms with E-state index in [-0.39, 0.29) is 5.91 Å². The van der Waals surface area contributed by atoms with Crippen molar-refractivity contribution in [2.75, 3.05) is 20.1 Å². The van der Waals surface area contributed by atoms with Gasteiger partial charge in [0.2, 0.25) is 5.91 Å². The van der Waals surface area contributed by atoms with Crippen LogP contribution < -0.4 is 5.32 Å². The van der Waals surface area contributed by atoms with Crippen molar-refractivity contribution < 1.29 is 4.79 Å². The molecule has 1 N–H and O–H groups in total. The Morgan fingerprint density at radius 1 is 1.33 bits per heavy atom. The fraction of sp³-hybridized carbons (Fsp3) is 0.417. The average Bonchev–Trinajstić information content (AvgIpc) is 2.27. The lowest BCUT2D eigenvalue weighted by Crippen LogP contribution is -2.59. The average molecular weight is 204 g/mol. The van der Waals surface area contributed by atoms with E-state index in [0.29, 0.717) is 0 Å². The minimum absolute atomic E-state index is 0.139. The lowest BCUT2D eigenvalue weighted by molar-refractivity contribution is -0.139. The molecule has 0 spiro atoms. The molecule has 0 bridgehead atoms. The van der Waals surface area contributed by atoms with Crippen molar-refractivity contribution in [3.63, 3.8) is 0 Å². The number of hydrogen-bond donors (Lipinski definition) is 1. The fourth-order valence-electron chi connectivity index (χ4n) is 2.03. The molecule has 0 saturated carbocycles. The van der Waals surface area contributed by atoms with Crippen LogP contribution in [0.1, 0.15) is 12.5 Å². The first kappa shape index (κ1) is 10.2. The normalized spacial score (nSPS) is 26.8. The number of carbonyl (C=O) groups is 1. The molecule has 1 aliphatic heterocycles. The second-order valence-electron chi connectivity index (χ2n) is 4.14. The molecular weight excluding hydrogens is 188 g/mol. The second-order valence-corrected chi connectivity index (χ2v) is 4.14. The van der Waals surface area contributed by atoms with Crippen LogP contribution in [0.15, 0.2) is 30.3 Å². The number of nitrogens with zero attached hydrogens (tertiary/aromatic N) is 1. The molecule has 1 aromatic carbocycles. The molecule has 1 amide bonds. The summed E-state index contributed by atoms with van der Waals surface area (Å²) in [4.78, 5) is 13.9. The first-order valence-corrected chi connectivity index (χ1v) is 5.21. The molecular formula is C12H16N2O. The predicted molar refractivity (Wildman–Crippen MR) is 59.4 cm³/mol. The molecule has 80 valence electrons. The summed E-state index contributed by atoms with van der Waals surface area (Å²) in [7, 11) is 1.85. The van der Waals surface area contributed by atoms with Crippen molar-refractivity contribution in [1.29, 1.82) is 0 Å². The smallest absolute Gasteiger partial charge is 0.246 e.